The molecule has 2 aromatic rings. The van der Waals surface area contributed by atoms with Crippen LogP contribution in [0.3, 0.4) is 0 Å². The molecule has 0 saturated carbocycles. The van der Waals surface area contributed by atoms with Crippen molar-refractivity contribution in [2.75, 3.05) is 0 Å². The molecule has 0 bridgehead atoms. The maximum atomic E-state index is 10.8. The lowest BCUT2D eigenvalue weighted by Gasteiger charge is -1.92. The van der Waals surface area contributed by atoms with Crippen LogP contribution in [0.25, 0.3) is 11.1 Å². The van der Waals surface area contributed by atoms with Crippen LogP contribution in [0.5, 0.6) is 0 Å². The number of hydrogen-bond donors (Lipinski definition) is 1. The number of oxazole rings is 1. The molecule has 0 aliphatic rings. The summed E-state index contributed by atoms with van der Waals surface area (Å²) in [5, 5.41) is 8.88. The number of rotatable bonds is 2. The van der Waals surface area contributed by atoms with Gasteiger partial charge in [-0.3, -0.25) is 0 Å². The van der Waals surface area contributed by atoms with Gasteiger partial charge in [0.05, 0.1) is 0 Å². The van der Waals surface area contributed by atoms with Crippen LogP contribution in [0, 0.1) is 0 Å². The summed E-state index contributed by atoms with van der Waals surface area (Å²) in [4.78, 5) is 15.0. The topological polar surface area (TPSA) is 63.3 Å². The van der Waals surface area contributed by atoms with E-state index in [9.17, 15) is 4.79 Å². The van der Waals surface area contributed by atoms with Gasteiger partial charge in [-0.1, -0.05) is 13.0 Å². The first-order chi connectivity index (χ1) is 6.72. The van der Waals surface area contributed by atoms with E-state index in [1.165, 1.54) is 6.07 Å². The van der Waals surface area contributed by atoms with Gasteiger partial charge in [-0.05, 0) is 12.1 Å². The number of aromatic nitrogens is 1. The number of para-hydroxylation sites is 1. The third-order valence-corrected chi connectivity index (χ3v) is 1.99. The third kappa shape index (κ3) is 1.25. The van der Waals surface area contributed by atoms with Crippen LogP contribution in [0.2, 0.25) is 0 Å². The zero-order chi connectivity index (χ0) is 10.1. The summed E-state index contributed by atoms with van der Waals surface area (Å²) in [5.74, 6) is -0.428. The fraction of sp³-hybridized carbons (Fsp3) is 0.200. The molecule has 0 amide bonds. The quantitative estimate of drug-likeness (QED) is 0.789. The van der Waals surface area contributed by atoms with Crippen LogP contribution in [0.4, 0.5) is 0 Å². The van der Waals surface area contributed by atoms with Crippen molar-refractivity contribution in [3.8, 4) is 0 Å². The minimum Gasteiger partial charge on any atom is -0.478 e. The highest BCUT2D eigenvalue weighted by Gasteiger charge is 2.13. The summed E-state index contributed by atoms with van der Waals surface area (Å²) in [6.45, 7) is 1.91. The van der Waals surface area contributed by atoms with Gasteiger partial charge in [0.15, 0.2) is 11.5 Å². The zero-order valence-corrected chi connectivity index (χ0v) is 7.65. The maximum Gasteiger partial charge on any atom is 0.339 e. The molecule has 4 nitrogen and oxygen atoms in total. The first-order valence-corrected chi connectivity index (χ1v) is 4.34. The van der Waals surface area contributed by atoms with Crippen LogP contribution in [-0.4, -0.2) is 16.1 Å². The second-order valence-electron chi connectivity index (χ2n) is 2.92. The maximum absolute atomic E-state index is 10.8. The Kier molecular flexibility index (Phi) is 1.96. The van der Waals surface area contributed by atoms with E-state index in [-0.39, 0.29) is 5.56 Å². The second-order valence-corrected chi connectivity index (χ2v) is 2.92. The molecular formula is C10H9NO3. The molecule has 1 heterocycles. The number of carboxylic acids is 1. The molecular weight excluding hydrogens is 182 g/mol. The van der Waals surface area contributed by atoms with E-state index in [0.717, 1.165) is 0 Å². The van der Waals surface area contributed by atoms with Crippen LogP contribution >= 0.6 is 0 Å². The molecule has 0 aliphatic carbocycles. The van der Waals surface area contributed by atoms with Gasteiger partial charge in [0.2, 0.25) is 0 Å². The number of nitrogens with zero attached hydrogens (tertiary/aromatic N) is 1. The number of carbonyl (C=O) groups is 1. The SMILES string of the molecule is CCc1nc2cccc(C(=O)O)c2o1. The van der Waals surface area contributed by atoms with Crippen molar-refractivity contribution in [3.05, 3.63) is 29.7 Å². The summed E-state index contributed by atoms with van der Waals surface area (Å²) in [6, 6.07) is 4.91. The lowest BCUT2D eigenvalue weighted by atomic mass is 10.2. The predicted molar refractivity (Wildman–Crippen MR) is 50.3 cm³/mol. The molecule has 72 valence electrons. The van der Waals surface area contributed by atoms with Crippen molar-refractivity contribution >= 4 is 17.1 Å². The van der Waals surface area contributed by atoms with Crippen molar-refractivity contribution in [3.63, 3.8) is 0 Å². The molecule has 0 radical (unpaired) electrons. The highest BCUT2D eigenvalue weighted by molar-refractivity contribution is 5.99. The highest BCUT2D eigenvalue weighted by atomic mass is 16.4. The predicted octanol–water partition coefficient (Wildman–Crippen LogP) is 2.09. The molecule has 0 unspecified atom stereocenters. The Bertz CT molecular complexity index is 487. The first-order valence-electron chi connectivity index (χ1n) is 4.34. The standard InChI is InChI=1S/C10H9NO3/c1-2-8-11-7-5-3-4-6(10(12)13)9(7)14-8/h3-5H,2H2,1H3,(H,12,13). The van der Waals surface area contributed by atoms with Crippen molar-refractivity contribution in [1.29, 1.82) is 0 Å². The molecule has 0 aliphatic heterocycles. The fourth-order valence-electron chi connectivity index (χ4n) is 1.31. The molecule has 0 atom stereocenters. The van der Waals surface area contributed by atoms with Gasteiger partial charge in [0.1, 0.15) is 11.1 Å². The van der Waals surface area contributed by atoms with Crippen LogP contribution in [0.15, 0.2) is 22.6 Å². The van der Waals surface area contributed by atoms with Gasteiger partial charge >= 0.3 is 5.97 Å². The van der Waals surface area contributed by atoms with Crippen molar-refractivity contribution < 1.29 is 14.3 Å². The van der Waals surface area contributed by atoms with E-state index in [0.29, 0.717) is 23.4 Å². The Morgan fingerprint density at radius 1 is 1.57 bits per heavy atom. The molecule has 2 rings (SSSR count). The minimum absolute atomic E-state index is 0.162. The normalized spacial score (nSPS) is 10.6. The Labute approximate surface area is 80.2 Å². The number of carboxylic acid groups (broad SMARTS) is 1. The van der Waals surface area contributed by atoms with E-state index >= 15 is 0 Å². The third-order valence-electron chi connectivity index (χ3n) is 1.99. The van der Waals surface area contributed by atoms with Crippen LogP contribution in [-0.2, 0) is 6.42 Å². The number of fused-ring (bicyclic) bond motifs is 1. The van der Waals surface area contributed by atoms with E-state index < -0.39 is 5.97 Å². The molecule has 4 heteroatoms. The van der Waals surface area contributed by atoms with Gasteiger partial charge in [0, 0.05) is 6.42 Å². The number of benzene rings is 1. The average molecular weight is 191 g/mol. The Balaban J connectivity index is 2.73. The van der Waals surface area contributed by atoms with Gasteiger partial charge in [-0.2, -0.15) is 0 Å². The largest absolute Gasteiger partial charge is 0.478 e. The Morgan fingerprint density at radius 2 is 2.36 bits per heavy atom. The van der Waals surface area contributed by atoms with Gasteiger partial charge in [-0.25, -0.2) is 9.78 Å². The van der Waals surface area contributed by atoms with Crippen molar-refractivity contribution in [1.82, 2.24) is 4.98 Å². The lowest BCUT2D eigenvalue weighted by Crippen LogP contribution is -1.95. The summed E-state index contributed by atoms with van der Waals surface area (Å²) >= 11 is 0. The number of aryl methyl sites for hydroxylation is 1. The molecule has 14 heavy (non-hydrogen) atoms. The van der Waals surface area contributed by atoms with E-state index in [4.69, 9.17) is 9.52 Å². The molecule has 1 N–H and O–H groups in total. The zero-order valence-electron chi connectivity index (χ0n) is 7.65. The van der Waals surface area contributed by atoms with E-state index in [1.807, 2.05) is 6.92 Å². The van der Waals surface area contributed by atoms with Gasteiger partial charge < -0.3 is 9.52 Å². The Hall–Kier alpha value is -1.84. The number of hydrogen-bond acceptors (Lipinski definition) is 3. The summed E-state index contributed by atoms with van der Waals surface area (Å²) in [7, 11) is 0. The van der Waals surface area contributed by atoms with Crippen molar-refractivity contribution in [2.45, 2.75) is 13.3 Å². The smallest absolute Gasteiger partial charge is 0.339 e. The van der Waals surface area contributed by atoms with E-state index in [2.05, 4.69) is 4.98 Å². The fourth-order valence-corrected chi connectivity index (χ4v) is 1.31. The highest BCUT2D eigenvalue weighted by Crippen LogP contribution is 2.20. The second kappa shape index (κ2) is 3.14. The van der Waals surface area contributed by atoms with Crippen LogP contribution in [0.1, 0.15) is 23.2 Å². The number of aromatic carboxylic acids is 1. The van der Waals surface area contributed by atoms with E-state index in [1.54, 1.807) is 12.1 Å². The molecule has 1 aromatic carbocycles. The van der Waals surface area contributed by atoms with Crippen molar-refractivity contribution in [2.24, 2.45) is 0 Å². The molecule has 1 aromatic heterocycles. The Morgan fingerprint density at radius 3 is 3.00 bits per heavy atom. The molecule has 0 saturated heterocycles. The summed E-state index contributed by atoms with van der Waals surface area (Å²) in [6.07, 6.45) is 0.660. The van der Waals surface area contributed by atoms with Gasteiger partial charge in [0.25, 0.3) is 0 Å². The summed E-state index contributed by atoms with van der Waals surface area (Å²) < 4.78 is 5.32. The molecule has 0 fully saturated rings. The average Bonchev–Trinajstić information content (AvgIpc) is 2.59. The van der Waals surface area contributed by atoms with Gasteiger partial charge in [-0.15, -0.1) is 0 Å². The molecule has 0 spiro atoms. The first kappa shape index (κ1) is 8.74. The lowest BCUT2D eigenvalue weighted by molar-refractivity contribution is 0.0698. The monoisotopic (exact) mass is 191 g/mol. The van der Waals surface area contributed by atoms with Crippen LogP contribution < -0.4 is 0 Å². The summed E-state index contributed by atoms with van der Waals surface area (Å²) in [5.41, 5.74) is 1.12. The minimum atomic E-state index is -0.991.